The molecule has 3 aliphatic rings. The predicted molar refractivity (Wildman–Crippen MR) is 237 cm³/mol. The molecule has 2 saturated carbocycles. The Bertz CT molecular complexity index is 2230. The second-order valence-corrected chi connectivity index (χ2v) is 17.3. The third-order valence-corrected chi connectivity index (χ3v) is 13.6. The Hall–Kier alpha value is -4.56. The molecule has 6 aromatic carbocycles. The number of hydrogen-bond acceptors (Lipinski definition) is 2. The number of hydrogen-bond donors (Lipinski definition) is 0. The van der Waals surface area contributed by atoms with Gasteiger partial charge in [-0.25, -0.2) is 0 Å². The van der Waals surface area contributed by atoms with Gasteiger partial charge in [0.2, 0.25) is 0 Å². The van der Waals surface area contributed by atoms with E-state index in [1.165, 1.54) is 145 Å². The Morgan fingerprint density at radius 2 is 0.875 bits per heavy atom. The van der Waals surface area contributed by atoms with Crippen LogP contribution in [0.2, 0.25) is 0 Å². The third-order valence-electron chi connectivity index (χ3n) is 13.6. The molecule has 0 atom stereocenters. The summed E-state index contributed by atoms with van der Waals surface area (Å²) in [7, 11) is 0. The molecule has 0 unspecified atom stereocenters. The molecule has 2 fully saturated rings. The summed E-state index contributed by atoms with van der Waals surface area (Å²) >= 11 is 0. The molecule has 0 aromatic heterocycles. The molecule has 2 heteroatoms. The standard InChI is InChI=1S/C54H60O2/c1-2-11-38-14-16-40(17-15-38)42-20-24-44(25-21-42)46-27-31-50-48(37-46)29-33-52-54(50)53-49-30-26-45(43-22-18-41(19-23-43)39-12-7-6-8-13-39)36-47(49)28-32-51(53)55-34-9-4-3-5-10-35-56-52/h18-33,36-40H,2-17,34-35H2,1H3. The van der Waals surface area contributed by atoms with Crippen LogP contribution in [0.5, 0.6) is 11.5 Å². The highest BCUT2D eigenvalue weighted by atomic mass is 16.5. The summed E-state index contributed by atoms with van der Waals surface area (Å²) in [4.78, 5) is 0. The van der Waals surface area contributed by atoms with Crippen molar-refractivity contribution in [3.63, 3.8) is 0 Å². The van der Waals surface area contributed by atoms with Crippen LogP contribution < -0.4 is 9.47 Å². The van der Waals surface area contributed by atoms with E-state index >= 15 is 0 Å². The number of fused-ring (bicyclic) bond motifs is 7. The van der Waals surface area contributed by atoms with Crippen LogP contribution in [0, 0.1) is 5.92 Å². The van der Waals surface area contributed by atoms with Crippen LogP contribution in [0.3, 0.4) is 0 Å². The number of benzene rings is 6. The molecule has 0 bridgehead atoms. The average molecular weight is 741 g/mol. The molecule has 0 N–H and O–H groups in total. The molecule has 2 nitrogen and oxygen atoms in total. The zero-order valence-corrected chi connectivity index (χ0v) is 33.7. The van der Waals surface area contributed by atoms with E-state index < -0.39 is 0 Å². The second kappa shape index (κ2) is 17.3. The Morgan fingerprint density at radius 3 is 1.38 bits per heavy atom. The lowest BCUT2D eigenvalue weighted by Crippen LogP contribution is -2.13. The van der Waals surface area contributed by atoms with E-state index in [-0.39, 0.29) is 0 Å². The van der Waals surface area contributed by atoms with E-state index in [1.807, 2.05) is 0 Å². The van der Waals surface area contributed by atoms with Crippen LogP contribution in [0.25, 0.3) is 54.9 Å². The van der Waals surface area contributed by atoms with Crippen LogP contribution in [0.4, 0.5) is 0 Å². The van der Waals surface area contributed by atoms with Crippen molar-refractivity contribution in [1.82, 2.24) is 0 Å². The van der Waals surface area contributed by atoms with Gasteiger partial charge in [-0.05, 0) is 148 Å². The lowest BCUT2D eigenvalue weighted by molar-refractivity contribution is 0.298. The predicted octanol–water partition coefficient (Wildman–Crippen LogP) is 15.8. The molecule has 56 heavy (non-hydrogen) atoms. The molecule has 2 aliphatic carbocycles. The normalized spacial score (nSPS) is 19.8. The van der Waals surface area contributed by atoms with Crippen molar-refractivity contribution < 1.29 is 9.47 Å². The quantitative estimate of drug-likeness (QED) is 0.169. The zero-order chi connectivity index (χ0) is 37.7. The van der Waals surface area contributed by atoms with Crippen molar-refractivity contribution in [1.29, 1.82) is 0 Å². The molecule has 0 saturated heterocycles. The van der Waals surface area contributed by atoms with Crippen LogP contribution in [-0.4, -0.2) is 13.2 Å². The molecular weight excluding hydrogens is 681 g/mol. The minimum absolute atomic E-state index is 0.708. The van der Waals surface area contributed by atoms with E-state index in [4.69, 9.17) is 9.47 Å². The number of ether oxygens (including phenoxy) is 2. The molecule has 6 aromatic rings. The van der Waals surface area contributed by atoms with E-state index in [2.05, 4.69) is 116 Å². The largest absolute Gasteiger partial charge is 0.493 e. The first kappa shape index (κ1) is 37.0. The minimum Gasteiger partial charge on any atom is -0.493 e. The van der Waals surface area contributed by atoms with E-state index in [1.54, 1.807) is 0 Å². The molecule has 0 spiro atoms. The van der Waals surface area contributed by atoms with Gasteiger partial charge in [0, 0.05) is 11.1 Å². The SMILES string of the molecule is CCCC1CCC(c2ccc(-c3ccc4c5c(ccc4c3)OCCCCCCCOc3ccc4cc(-c6ccc(C7CCCCC7)cc6)ccc4c3-5)cc2)CC1. The molecule has 0 radical (unpaired) electrons. The minimum atomic E-state index is 0.708. The fourth-order valence-electron chi connectivity index (χ4n) is 10.4. The van der Waals surface area contributed by atoms with Crippen LogP contribution in [-0.2, 0) is 0 Å². The second-order valence-electron chi connectivity index (χ2n) is 17.3. The maximum atomic E-state index is 6.72. The molecule has 0 amide bonds. The summed E-state index contributed by atoms with van der Waals surface area (Å²) in [5.41, 5.74) is 10.4. The summed E-state index contributed by atoms with van der Waals surface area (Å²) in [6.07, 6.45) is 20.7. The summed E-state index contributed by atoms with van der Waals surface area (Å²) < 4.78 is 13.4. The van der Waals surface area contributed by atoms with Gasteiger partial charge < -0.3 is 9.47 Å². The Labute approximate surface area is 335 Å². The van der Waals surface area contributed by atoms with Gasteiger partial charge >= 0.3 is 0 Å². The topological polar surface area (TPSA) is 18.5 Å². The van der Waals surface area contributed by atoms with Gasteiger partial charge in [-0.15, -0.1) is 0 Å². The summed E-state index contributed by atoms with van der Waals surface area (Å²) in [6.45, 7) is 3.78. The van der Waals surface area contributed by atoms with Gasteiger partial charge in [-0.2, -0.15) is 0 Å². The Morgan fingerprint density at radius 1 is 0.429 bits per heavy atom. The Kier molecular flexibility index (Phi) is 11.4. The average Bonchev–Trinajstić information content (AvgIpc) is 3.28. The molecular formula is C54H60O2. The van der Waals surface area contributed by atoms with Crippen molar-refractivity contribution in [2.75, 3.05) is 13.2 Å². The van der Waals surface area contributed by atoms with Gasteiger partial charge in [-0.1, -0.05) is 143 Å². The number of rotatable bonds is 6. The first-order valence-electron chi connectivity index (χ1n) is 22.3. The first-order chi connectivity index (χ1) is 27.7. The molecule has 1 heterocycles. The van der Waals surface area contributed by atoms with Crippen molar-refractivity contribution in [3.8, 4) is 44.9 Å². The van der Waals surface area contributed by atoms with Crippen molar-refractivity contribution in [2.45, 2.75) is 121 Å². The smallest absolute Gasteiger partial charge is 0.127 e. The molecule has 9 rings (SSSR count). The fourth-order valence-corrected chi connectivity index (χ4v) is 10.4. The monoisotopic (exact) mass is 740 g/mol. The summed E-state index contributed by atoms with van der Waals surface area (Å²) in [6, 6.07) is 41.9. The van der Waals surface area contributed by atoms with Crippen molar-refractivity contribution in [3.05, 3.63) is 120 Å². The maximum absolute atomic E-state index is 6.72. The Balaban J connectivity index is 1.08. The fraction of sp³-hybridized carbons (Fsp3) is 0.407. The summed E-state index contributed by atoms with van der Waals surface area (Å²) in [5, 5.41) is 4.87. The first-order valence-corrected chi connectivity index (χ1v) is 22.3. The third kappa shape index (κ3) is 8.00. The highest BCUT2D eigenvalue weighted by molar-refractivity contribution is 6.11. The van der Waals surface area contributed by atoms with Crippen LogP contribution >= 0.6 is 0 Å². The van der Waals surface area contributed by atoms with Gasteiger partial charge in [0.25, 0.3) is 0 Å². The van der Waals surface area contributed by atoms with Crippen molar-refractivity contribution in [2.24, 2.45) is 5.92 Å². The lowest BCUT2D eigenvalue weighted by Gasteiger charge is -2.28. The highest BCUT2D eigenvalue weighted by Gasteiger charge is 2.23. The van der Waals surface area contributed by atoms with Gasteiger partial charge in [0.1, 0.15) is 11.5 Å². The van der Waals surface area contributed by atoms with Crippen LogP contribution in [0.1, 0.15) is 133 Å². The van der Waals surface area contributed by atoms with E-state index in [9.17, 15) is 0 Å². The van der Waals surface area contributed by atoms with Crippen molar-refractivity contribution >= 4 is 21.5 Å². The molecule has 288 valence electrons. The van der Waals surface area contributed by atoms with Gasteiger partial charge in [0.05, 0.1) is 13.2 Å². The van der Waals surface area contributed by atoms with Gasteiger partial charge in [0.15, 0.2) is 0 Å². The van der Waals surface area contributed by atoms with E-state index in [0.29, 0.717) is 5.92 Å². The summed E-state index contributed by atoms with van der Waals surface area (Å²) in [5.74, 6) is 4.26. The van der Waals surface area contributed by atoms with Crippen LogP contribution in [0.15, 0.2) is 109 Å². The molecule has 1 aliphatic heterocycles. The van der Waals surface area contributed by atoms with Gasteiger partial charge in [-0.3, -0.25) is 0 Å². The van der Waals surface area contributed by atoms with E-state index in [0.717, 1.165) is 60.5 Å². The zero-order valence-electron chi connectivity index (χ0n) is 33.7. The highest BCUT2D eigenvalue weighted by Crippen LogP contribution is 2.47. The lowest BCUT2D eigenvalue weighted by atomic mass is 9.77. The maximum Gasteiger partial charge on any atom is 0.127 e.